The molecule has 0 saturated heterocycles. The van der Waals surface area contributed by atoms with Crippen LogP contribution in [0.3, 0.4) is 0 Å². The molecule has 7 heteroatoms. The molecule has 1 aromatic heterocycles. The van der Waals surface area contributed by atoms with E-state index in [1.165, 1.54) is 17.4 Å². The number of para-hydroxylation sites is 1. The summed E-state index contributed by atoms with van der Waals surface area (Å²) in [5, 5.41) is 13.3. The van der Waals surface area contributed by atoms with Crippen molar-refractivity contribution in [3.63, 3.8) is 0 Å². The molecule has 3 aromatic rings. The predicted octanol–water partition coefficient (Wildman–Crippen LogP) is 5.72. The zero-order chi connectivity index (χ0) is 21.3. The molecule has 152 valence electrons. The van der Waals surface area contributed by atoms with Crippen molar-refractivity contribution in [1.82, 2.24) is 4.98 Å². The second kappa shape index (κ2) is 10.6. The molecule has 1 heterocycles. The highest BCUT2D eigenvalue weighted by molar-refractivity contribution is 7.15. The fourth-order valence-electron chi connectivity index (χ4n) is 2.66. The SMILES string of the molecule is CCCOc1ccccc1C=C(C#N)C(=O)Nc1ncc(Cc2ccc(Cl)cc2)s1. The fourth-order valence-corrected chi connectivity index (χ4v) is 3.63. The highest BCUT2D eigenvalue weighted by Crippen LogP contribution is 2.24. The number of aromatic nitrogens is 1. The van der Waals surface area contributed by atoms with Crippen molar-refractivity contribution in [2.75, 3.05) is 11.9 Å². The number of carbonyl (C=O) groups excluding carboxylic acids is 1. The van der Waals surface area contributed by atoms with Gasteiger partial charge in [0.25, 0.3) is 5.91 Å². The Morgan fingerprint density at radius 1 is 1.27 bits per heavy atom. The minimum absolute atomic E-state index is 0.0167. The monoisotopic (exact) mass is 437 g/mol. The quantitative estimate of drug-likeness (QED) is 0.361. The Morgan fingerprint density at radius 3 is 2.77 bits per heavy atom. The van der Waals surface area contributed by atoms with Gasteiger partial charge in [0.15, 0.2) is 5.13 Å². The van der Waals surface area contributed by atoms with Crippen LogP contribution in [0.1, 0.15) is 29.3 Å². The van der Waals surface area contributed by atoms with Crippen molar-refractivity contribution in [2.24, 2.45) is 0 Å². The van der Waals surface area contributed by atoms with Gasteiger partial charge in [-0.25, -0.2) is 4.98 Å². The van der Waals surface area contributed by atoms with Crippen molar-refractivity contribution in [2.45, 2.75) is 19.8 Å². The Balaban J connectivity index is 1.70. The molecule has 30 heavy (non-hydrogen) atoms. The number of rotatable bonds is 8. The van der Waals surface area contributed by atoms with Crippen LogP contribution in [-0.4, -0.2) is 17.5 Å². The van der Waals surface area contributed by atoms with Gasteiger partial charge in [0.1, 0.15) is 17.4 Å². The molecule has 0 aliphatic rings. The summed E-state index contributed by atoms with van der Waals surface area (Å²) < 4.78 is 5.69. The van der Waals surface area contributed by atoms with E-state index in [2.05, 4.69) is 10.3 Å². The lowest BCUT2D eigenvalue weighted by molar-refractivity contribution is -0.112. The van der Waals surface area contributed by atoms with E-state index in [1.807, 2.05) is 61.5 Å². The standard InChI is InChI=1S/C23H20ClN3O2S/c1-2-11-29-21-6-4-3-5-17(21)13-18(14-25)22(28)27-23-26-15-20(30-23)12-16-7-9-19(24)10-8-16/h3-10,13,15H,2,11-12H2,1H3,(H,26,27,28). The lowest BCUT2D eigenvalue weighted by atomic mass is 10.1. The van der Waals surface area contributed by atoms with E-state index in [-0.39, 0.29) is 5.57 Å². The van der Waals surface area contributed by atoms with E-state index in [9.17, 15) is 10.1 Å². The molecule has 0 fully saturated rings. The highest BCUT2D eigenvalue weighted by Gasteiger charge is 2.13. The summed E-state index contributed by atoms with van der Waals surface area (Å²) in [7, 11) is 0. The molecule has 1 amide bonds. The first-order valence-corrected chi connectivity index (χ1v) is 10.6. The lowest BCUT2D eigenvalue weighted by Crippen LogP contribution is -2.13. The first-order valence-electron chi connectivity index (χ1n) is 9.43. The number of nitrogens with one attached hydrogen (secondary N) is 1. The van der Waals surface area contributed by atoms with Crippen molar-refractivity contribution < 1.29 is 9.53 Å². The third-order valence-corrected chi connectivity index (χ3v) is 5.28. The fraction of sp³-hybridized carbons (Fsp3) is 0.174. The molecule has 0 radical (unpaired) electrons. The summed E-state index contributed by atoms with van der Waals surface area (Å²) >= 11 is 7.29. The number of thiazole rings is 1. The van der Waals surface area contributed by atoms with E-state index < -0.39 is 5.91 Å². The van der Waals surface area contributed by atoms with Crippen LogP contribution in [0, 0.1) is 11.3 Å². The van der Waals surface area contributed by atoms with Gasteiger partial charge in [-0.1, -0.05) is 48.9 Å². The highest BCUT2D eigenvalue weighted by atomic mass is 35.5. The lowest BCUT2D eigenvalue weighted by Gasteiger charge is -2.08. The Bertz CT molecular complexity index is 1080. The van der Waals surface area contributed by atoms with Gasteiger partial charge in [0.2, 0.25) is 0 Å². The Labute approximate surface area is 184 Å². The summed E-state index contributed by atoms with van der Waals surface area (Å²) in [6, 6.07) is 16.9. The molecule has 2 aromatic carbocycles. The largest absolute Gasteiger partial charge is 0.493 e. The average Bonchev–Trinajstić information content (AvgIpc) is 3.19. The van der Waals surface area contributed by atoms with E-state index in [4.69, 9.17) is 16.3 Å². The predicted molar refractivity (Wildman–Crippen MR) is 121 cm³/mol. The van der Waals surface area contributed by atoms with Gasteiger partial charge < -0.3 is 4.74 Å². The van der Waals surface area contributed by atoms with Crippen LogP contribution in [0.5, 0.6) is 5.75 Å². The number of amides is 1. The normalized spacial score (nSPS) is 11.0. The van der Waals surface area contributed by atoms with Gasteiger partial charge in [-0.05, 0) is 36.3 Å². The minimum Gasteiger partial charge on any atom is -0.493 e. The maximum atomic E-state index is 12.6. The van der Waals surface area contributed by atoms with Gasteiger partial charge in [-0.2, -0.15) is 5.26 Å². The third-order valence-electron chi connectivity index (χ3n) is 4.11. The number of anilines is 1. The van der Waals surface area contributed by atoms with Gasteiger partial charge in [-0.15, -0.1) is 11.3 Å². The topological polar surface area (TPSA) is 75.0 Å². The summed E-state index contributed by atoms with van der Waals surface area (Å²) in [6.07, 6.45) is 4.81. The van der Waals surface area contributed by atoms with E-state index in [1.54, 1.807) is 6.20 Å². The molecule has 0 bridgehead atoms. The summed E-state index contributed by atoms with van der Waals surface area (Å²) in [5.41, 5.74) is 1.76. The molecule has 0 atom stereocenters. The van der Waals surface area contributed by atoms with Crippen LogP contribution in [0.2, 0.25) is 5.02 Å². The van der Waals surface area contributed by atoms with Crippen LogP contribution < -0.4 is 10.1 Å². The van der Waals surface area contributed by atoms with Crippen LogP contribution in [0.4, 0.5) is 5.13 Å². The summed E-state index contributed by atoms with van der Waals surface area (Å²) in [4.78, 5) is 17.8. The first-order chi connectivity index (χ1) is 14.6. The van der Waals surface area contributed by atoms with E-state index in [0.29, 0.717) is 34.5 Å². The Kier molecular flexibility index (Phi) is 7.61. The Hall–Kier alpha value is -3.14. The molecule has 0 aliphatic heterocycles. The zero-order valence-corrected chi connectivity index (χ0v) is 18.0. The van der Waals surface area contributed by atoms with Crippen molar-refractivity contribution in [3.05, 3.63) is 81.3 Å². The maximum absolute atomic E-state index is 12.6. The zero-order valence-electron chi connectivity index (χ0n) is 16.4. The number of benzene rings is 2. The second-order valence-electron chi connectivity index (χ2n) is 6.45. The summed E-state index contributed by atoms with van der Waals surface area (Å²) in [5.74, 6) is 0.134. The first kappa shape index (κ1) is 21.6. The second-order valence-corrected chi connectivity index (χ2v) is 8.00. The Morgan fingerprint density at radius 2 is 2.03 bits per heavy atom. The van der Waals surface area contributed by atoms with Crippen LogP contribution in [-0.2, 0) is 11.2 Å². The number of nitrogens with zero attached hydrogens (tertiary/aromatic N) is 2. The smallest absolute Gasteiger partial charge is 0.268 e. The van der Waals surface area contributed by atoms with Gasteiger partial charge >= 0.3 is 0 Å². The van der Waals surface area contributed by atoms with Crippen molar-refractivity contribution >= 4 is 40.1 Å². The van der Waals surface area contributed by atoms with Crippen LogP contribution >= 0.6 is 22.9 Å². The molecule has 0 aliphatic carbocycles. The molecule has 3 rings (SSSR count). The number of nitriles is 1. The molecule has 0 saturated carbocycles. The molecular weight excluding hydrogens is 418 g/mol. The number of carbonyl (C=O) groups is 1. The van der Waals surface area contributed by atoms with Crippen molar-refractivity contribution in [1.29, 1.82) is 5.26 Å². The number of hydrogen-bond donors (Lipinski definition) is 1. The molecule has 0 unspecified atom stereocenters. The summed E-state index contributed by atoms with van der Waals surface area (Å²) in [6.45, 7) is 2.58. The average molecular weight is 438 g/mol. The van der Waals surface area contributed by atoms with Crippen LogP contribution in [0.15, 0.2) is 60.3 Å². The van der Waals surface area contributed by atoms with E-state index >= 15 is 0 Å². The molecule has 0 spiro atoms. The van der Waals surface area contributed by atoms with Crippen molar-refractivity contribution in [3.8, 4) is 11.8 Å². The van der Waals surface area contributed by atoms with E-state index in [0.717, 1.165) is 16.9 Å². The number of hydrogen-bond acceptors (Lipinski definition) is 5. The van der Waals surface area contributed by atoms with Gasteiger partial charge in [0, 0.05) is 28.1 Å². The third kappa shape index (κ3) is 5.93. The molecule has 5 nitrogen and oxygen atoms in total. The minimum atomic E-state index is -0.504. The maximum Gasteiger partial charge on any atom is 0.268 e. The molecular formula is C23H20ClN3O2S. The van der Waals surface area contributed by atoms with Crippen LogP contribution in [0.25, 0.3) is 6.08 Å². The van der Waals surface area contributed by atoms with Gasteiger partial charge in [-0.3, -0.25) is 10.1 Å². The molecule has 1 N–H and O–H groups in total. The number of halogens is 1. The van der Waals surface area contributed by atoms with Gasteiger partial charge in [0.05, 0.1) is 6.61 Å². The number of ether oxygens (including phenoxy) is 1.